The zero-order chi connectivity index (χ0) is 16.8. The van der Waals surface area contributed by atoms with Gasteiger partial charge in [-0.05, 0) is 30.7 Å². The molecular weight excluding hydrogens is 306 g/mol. The van der Waals surface area contributed by atoms with Gasteiger partial charge in [0.2, 0.25) is 0 Å². The lowest BCUT2D eigenvalue weighted by Gasteiger charge is -2.21. The van der Waals surface area contributed by atoms with Crippen LogP contribution in [0, 0.1) is 0 Å². The summed E-state index contributed by atoms with van der Waals surface area (Å²) in [7, 11) is 0. The maximum atomic E-state index is 10.6. The van der Waals surface area contributed by atoms with E-state index in [1.807, 2.05) is 6.07 Å². The van der Waals surface area contributed by atoms with Gasteiger partial charge in [-0.25, -0.2) is 9.78 Å². The summed E-state index contributed by atoms with van der Waals surface area (Å²) < 4.78 is 0. The van der Waals surface area contributed by atoms with Crippen molar-refractivity contribution >= 4 is 17.9 Å². The number of rotatable bonds is 4. The minimum Gasteiger partial charge on any atom is -0.478 e. The number of aromatic nitrogens is 3. The highest BCUT2D eigenvalue weighted by molar-refractivity contribution is 5.85. The van der Waals surface area contributed by atoms with Gasteiger partial charge in [0.05, 0.1) is 18.1 Å². The van der Waals surface area contributed by atoms with Crippen molar-refractivity contribution in [1.82, 2.24) is 20.3 Å². The molecule has 0 bridgehead atoms. The second-order valence-electron chi connectivity index (χ2n) is 5.53. The zero-order valence-corrected chi connectivity index (χ0v) is 13.2. The van der Waals surface area contributed by atoms with E-state index in [2.05, 4.69) is 20.2 Å². The lowest BCUT2D eigenvalue weighted by Crippen LogP contribution is -2.28. The maximum Gasteiger partial charge on any atom is 0.328 e. The molecule has 1 fully saturated rings. The van der Waals surface area contributed by atoms with Crippen LogP contribution in [-0.2, 0) is 4.79 Å². The third-order valence-electron chi connectivity index (χ3n) is 3.76. The molecule has 0 atom stereocenters. The molecule has 7 heteroatoms. The molecule has 124 valence electrons. The van der Waals surface area contributed by atoms with E-state index in [0.717, 1.165) is 55.8 Å². The normalized spacial score (nSPS) is 15.4. The first-order valence-corrected chi connectivity index (χ1v) is 7.86. The first-order chi connectivity index (χ1) is 11.7. The molecule has 7 nitrogen and oxygen atoms in total. The molecule has 1 aliphatic heterocycles. The van der Waals surface area contributed by atoms with E-state index in [1.165, 1.54) is 6.08 Å². The average Bonchev–Trinajstić information content (AvgIpc) is 2.90. The Labute approximate surface area is 140 Å². The second-order valence-corrected chi connectivity index (χ2v) is 5.53. The average molecular weight is 325 g/mol. The molecular formula is C17H19N5O2. The van der Waals surface area contributed by atoms with Crippen molar-refractivity contribution in [2.24, 2.45) is 0 Å². The smallest absolute Gasteiger partial charge is 0.328 e. The quantitative estimate of drug-likeness (QED) is 0.822. The van der Waals surface area contributed by atoms with Gasteiger partial charge in [0.25, 0.3) is 0 Å². The molecule has 0 radical (unpaired) electrons. The first-order valence-electron chi connectivity index (χ1n) is 7.86. The van der Waals surface area contributed by atoms with Crippen LogP contribution in [0.3, 0.4) is 0 Å². The molecule has 3 rings (SSSR count). The van der Waals surface area contributed by atoms with Gasteiger partial charge in [0.1, 0.15) is 5.82 Å². The Balaban J connectivity index is 1.85. The molecule has 0 unspecified atom stereocenters. The van der Waals surface area contributed by atoms with E-state index in [9.17, 15) is 4.79 Å². The Bertz CT molecular complexity index is 739. The maximum absolute atomic E-state index is 10.6. The van der Waals surface area contributed by atoms with E-state index in [0.29, 0.717) is 5.56 Å². The number of nitrogens with one attached hydrogen (secondary N) is 1. The molecule has 2 N–H and O–H groups in total. The summed E-state index contributed by atoms with van der Waals surface area (Å²) in [4.78, 5) is 26.0. The van der Waals surface area contributed by atoms with Crippen molar-refractivity contribution < 1.29 is 9.90 Å². The Hall–Kier alpha value is -2.80. The standard InChI is InChI=1S/C17H19N5O2/c23-17(24)3-2-13-8-14(10-19-9-13)15-11-20-12-16(21-15)22-6-1-4-18-5-7-22/h2-3,8-12,18H,1,4-7H2,(H,23,24). The fourth-order valence-electron chi connectivity index (χ4n) is 2.58. The zero-order valence-electron chi connectivity index (χ0n) is 13.2. The number of anilines is 1. The predicted molar refractivity (Wildman–Crippen MR) is 91.6 cm³/mol. The van der Waals surface area contributed by atoms with Crippen molar-refractivity contribution in [3.05, 3.63) is 42.5 Å². The summed E-state index contributed by atoms with van der Waals surface area (Å²) in [5.41, 5.74) is 2.24. The monoisotopic (exact) mass is 325 g/mol. The second kappa shape index (κ2) is 7.65. The molecule has 0 amide bonds. The topological polar surface area (TPSA) is 91.2 Å². The van der Waals surface area contributed by atoms with E-state index in [-0.39, 0.29) is 0 Å². The van der Waals surface area contributed by atoms with Gasteiger partial charge in [-0.2, -0.15) is 0 Å². The Morgan fingerprint density at radius 3 is 2.92 bits per heavy atom. The minimum absolute atomic E-state index is 0.709. The van der Waals surface area contributed by atoms with Gasteiger partial charge < -0.3 is 15.3 Å². The number of carbonyl (C=O) groups is 1. The molecule has 2 aromatic rings. The van der Waals surface area contributed by atoms with E-state index >= 15 is 0 Å². The van der Waals surface area contributed by atoms with Crippen molar-refractivity contribution in [3.63, 3.8) is 0 Å². The Morgan fingerprint density at radius 2 is 2.04 bits per heavy atom. The highest BCUT2D eigenvalue weighted by Gasteiger charge is 2.12. The number of carboxylic acid groups (broad SMARTS) is 1. The molecule has 1 aliphatic rings. The van der Waals surface area contributed by atoms with E-state index < -0.39 is 5.97 Å². The largest absolute Gasteiger partial charge is 0.478 e. The Kier molecular flexibility index (Phi) is 5.12. The number of hydrogen-bond donors (Lipinski definition) is 2. The predicted octanol–water partition coefficient (Wildman–Crippen LogP) is 1.44. The van der Waals surface area contributed by atoms with Gasteiger partial charge in [-0.15, -0.1) is 0 Å². The summed E-state index contributed by atoms with van der Waals surface area (Å²) in [6.45, 7) is 3.80. The summed E-state index contributed by atoms with van der Waals surface area (Å²) in [6, 6.07) is 1.85. The van der Waals surface area contributed by atoms with Gasteiger partial charge >= 0.3 is 5.97 Å². The van der Waals surface area contributed by atoms with Gasteiger partial charge in [-0.1, -0.05) is 0 Å². The molecule has 0 spiro atoms. The van der Waals surface area contributed by atoms with Crippen molar-refractivity contribution in [1.29, 1.82) is 0 Å². The van der Waals surface area contributed by atoms with Crippen molar-refractivity contribution in [2.75, 3.05) is 31.1 Å². The van der Waals surface area contributed by atoms with Gasteiger partial charge in [0.15, 0.2) is 0 Å². The highest BCUT2D eigenvalue weighted by atomic mass is 16.4. The molecule has 0 aliphatic carbocycles. The van der Waals surface area contributed by atoms with Gasteiger partial charge in [-0.3, -0.25) is 9.97 Å². The first kappa shape index (κ1) is 16.1. The van der Waals surface area contributed by atoms with Crippen LogP contribution < -0.4 is 10.2 Å². The van der Waals surface area contributed by atoms with E-state index in [1.54, 1.807) is 24.8 Å². The number of nitrogens with zero attached hydrogens (tertiary/aromatic N) is 4. The minimum atomic E-state index is -0.989. The summed E-state index contributed by atoms with van der Waals surface area (Å²) in [5.74, 6) is -0.139. The van der Waals surface area contributed by atoms with Crippen LogP contribution in [-0.4, -0.2) is 52.2 Å². The molecule has 0 aromatic carbocycles. The fraction of sp³-hybridized carbons (Fsp3) is 0.294. The van der Waals surface area contributed by atoms with Crippen LogP contribution in [0.5, 0.6) is 0 Å². The lowest BCUT2D eigenvalue weighted by atomic mass is 10.1. The van der Waals surface area contributed by atoms with Crippen LogP contribution in [0.1, 0.15) is 12.0 Å². The number of aliphatic carboxylic acids is 1. The van der Waals surface area contributed by atoms with Crippen molar-refractivity contribution in [3.8, 4) is 11.3 Å². The third-order valence-corrected chi connectivity index (χ3v) is 3.76. The van der Waals surface area contributed by atoms with Crippen LogP contribution in [0.2, 0.25) is 0 Å². The fourth-order valence-corrected chi connectivity index (χ4v) is 2.58. The molecule has 1 saturated heterocycles. The molecule has 24 heavy (non-hydrogen) atoms. The van der Waals surface area contributed by atoms with Crippen LogP contribution in [0.4, 0.5) is 5.82 Å². The number of carboxylic acids is 1. The highest BCUT2D eigenvalue weighted by Crippen LogP contribution is 2.20. The van der Waals surface area contributed by atoms with E-state index in [4.69, 9.17) is 10.1 Å². The molecule has 0 saturated carbocycles. The Morgan fingerprint density at radius 1 is 1.17 bits per heavy atom. The third kappa shape index (κ3) is 4.14. The number of hydrogen-bond acceptors (Lipinski definition) is 6. The number of pyridine rings is 1. The summed E-state index contributed by atoms with van der Waals surface area (Å²) >= 11 is 0. The SMILES string of the molecule is O=C(O)C=Cc1cncc(-c2cncc(N3CCCNCC3)n2)c1. The molecule has 3 heterocycles. The van der Waals surface area contributed by atoms with Gasteiger partial charge in [0, 0.05) is 43.7 Å². The lowest BCUT2D eigenvalue weighted by molar-refractivity contribution is -0.131. The van der Waals surface area contributed by atoms with Crippen LogP contribution in [0.15, 0.2) is 36.9 Å². The van der Waals surface area contributed by atoms with Crippen LogP contribution >= 0.6 is 0 Å². The van der Waals surface area contributed by atoms with Crippen LogP contribution in [0.25, 0.3) is 17.3 Å². The summed E-state index contributed by atoms with van der Waals surface area (Å²) in [6.07, 6.45) is 10.5. The van der Waals surface area contributed by atoms with Crippen molar-refractivity contribution in [2.45, 2.75) is 6.42 Å². The molecule has 2 aromatic heterocycles. The summed E-state index contributed by atoms with van der Waals surface area (Å²) in [5, 5.41) is 12.1.